The number of benzene rings is 1. The van der Waals surface area contributed by atoms with Crippen LogP contribution in [0.5, 0.6) is 5.88 Å². The smallest absolute Gasteiger partial charge is 0.384 e. The molecule has 2 heterocycles. The molecular weight excluding hydrogens is 418 g/mol. The van der Waals surface area contributed by atoms with E-state index in [2.05, 4.69) is 25.0 Å². The van der Waals surface area contributed by atoms with Crippen molar-refractivity contribution in [1.82, 2.24) is 29.8 Å². The third-order valence-electron chi connectivity index (χ3n) is 3.56. The number of halogens is 6. The van der Waals surface area contributed by atoms with Crippen molar-refractivity contribution in [2.24, 2.45) is 0 Å². The third kappa shape index (κ3) is 5.81. The van der Waals surface area contributed by atoms with Crippen LogP contribution in [0.2, 0.25) is 0 Å². The third-order valence-corrected chi connectivity index (χ3v) is 3.56. The van der Waals surface area contributed by atoms with Crippen molar-refractivity contribution < 1.29 is 31.1 Å². The van der Waals surface area contributed by atoms with Gasteiger partial charge in [-0.3, -0.25) is 0 Å². The van der Waals surface area contributed by atoms with Crippen LogP contribution in [0.1, 0.15) is 16.8 Å². The first kappa shape index (κ1) is 21.3. The average molecular weight is 432 g/mol. The molecule has 7 nitrogen and oxygen atoms in total. The minimum Gasteiger partial charge on any atom is -0.384 e. The molecule has 3 rings (SSSR count). The number of ether oxygens (including phenoxy) is 1. The van der Waals surface area contributed by atoms with E-state index in [-0.39, 0.29) is 4.80 Å². The maximum Gasteiger partial charge on any atom is 0.574 e. The highest BCUT2D eigenvalue weighted by molar-refractivity contribution is 5.61. The van der Waals surface area contributed by atoms with Gasteiger partial charge in [0, 0.05) is 11.8 Å². The summed E-state index contributed by atoms with van der Waals surface area (Å²) in [5.74, 6) is -0.753. The molecule has 0 aliphatic rings. The molecule has 3 aromatic rings. The molecule has 0 saturated heterocycles. The fraction of sp³-hybridized carbons (Fsp3) is 0.294. The minimum atomic E-state index is -5.15. The standard InChI is InChI=1S/C17H14F6N6O/c1-10-5-11(2)7-12(6-10)14-24-9-28(26-14)4-3-13-15(30-17(21,22)23)27-29(25-13)8-16(18,19)20/h3-7,9H,8H2,1-2H3/b4-3-. The molecule has 0 amide bonds. The second-order valence-corrected chi connectivity index (χ2v) is 6.32. The SMILES string of the molecule is Cc1cc(C)cc(-c2ncn(/C=C\c3nn(CC(F)(F)F)nc3OC(F)(F)F)n2)c1. The lowest BCUT2D eigenvalue weighted by molar-refractivity contribution is -0.276. The van der Waals surface area contributed by atoms with Crippen molar-refractivity contribution in [3.05, 3.63) is 41.3 Å². The van der Waals surface area contributed by atoms with Crippen molar-refractivity contribution in [2.75, 3.05) is 0 Å². The number of aromatic nitrogens is 6. The van der Waals surface area contributed by atoms with Crippen LogP contribution < -0.4 is 4.74 Å². The van der Waals surface area contributed by atoms with Crippen LogP contribution in [0, 0.1) is 13.8 Å². The van der Waals surface area contributed by atoms with Crippen LogP contribution in [0.15, 0.2) is 24.5 Å². The predicted molar refractivity (Wildman–Crippen MR) is 92.9 cm³/mol. The zero-order valence-electron chi connectivity index (χ0n) is 15.5. The second-order valence-electron chi connectivity index (χ2n) is 6.32. The molecule has 0 radical (unpaired) electrons. The Kier molecular flexibility index (Phi) is 5.55. The number of hydrogen-bond acceptors (Lipinski definition) is 5. The molecule has 0 spiro atoms. The fourth-order valence-corrected chi connectivity index (χ4v) is 2.59. The molecule has 13 heteroatoms. The quantitative estimate of drug-likeness (QED) is 0.564. The van der Waals surface area contributed by atoms with Gasteiger partial charge in [-0.25, -0.2) is 9.67 Å². The summed E-state index contributed by atoms with van der Waals surface area (Å²) in [6.07, 6.45) is -6.42. The van der Waals surface area contributed by atoms with Gasteiger partial charge in [-0.15, -0.1) is 28.5 Å². The Hall–Kier alpha value is -3.38. The van der Waals surface area contributed by atoms with E-state index in [4.69, 9.17) is 0 Å². The van der Waals surface area contributed by atoms with Gasteiger partial charge in [0.1, 0.15) is 6.33 Å². The molecule has 0 aliphatic heterocycles. The first-order valence-electron chi connectivity index (χ1n) is 8.34. The van der Waals surface area contributed by atoms with Crippen molar-refractivity contribution in [3.8, 4) is 17.3 Å². The number of nitrogens with zero attached hydrogens (tertiary/aromatic N) is 6. The van der Waals surface area contributed by atoms with Crippen molar-refractivity contribution in [3.63, 3.8) is 0 Å². The topological polar surface area (TPSA) is 70.7 Å². The summed E-state index contributed by atoms with van der Waals surface area (Å²) >= 11 is 0. The molecule has 30 heavy (non-hydrogen) atoms. The van der Waals surface area contributed by atoms with Gasteiger partial charge in [0.05, 0.1) is 0 Å². The van der Waals surface area contributed by atoms with E-state index < -0.39 is 30.7 Å². The largest absolute Gasteiger partial charge is 0.574 e. The summed E-state index contributed by atoms with van der Waals surface area (Å²) in [5.41, 5.74) is 2.16. The van der Waals surface area contributed by atoms with Crippen LogP contribution in [0.25, 0.3) is 23.7 Å². The summed E-state index contributed by atoms with van der Waals surface area (Å²) in [6.45, 7) is 2.13. The first-order valence-corrected chi connectivity index (χ1v) is 8.34. The summed E-state index contributed by atoms with van der Waals surface area (Å²) in [4.78, 5) is 4.19. The summed E-state index contributed by atoms with van der Waals surface area (Å²) < 4.78 is 79.8. The van der Waals surface area contributed by atoms with Crippen LogP contribution in [0.3, 0.4) is 0 Å². The molecule has 0 bridgehead atoms. The summed E-state index contributed by atoms with van der Waals surface area (Å²) in [6, 6.07) is 5.68. The lowest BCUT2D eigenvalue weighted by Gasteiger charge is -2.05. The van der Waals surface area contributed by atoms with E-state index in [1.54, 1.807) is 0 Å². The Bertz CT molecular complexity index is 1050. The Morgan fingerprint density at radius 3 is 2.23 bits per heavy atom. The molecule has 0 atom stereocenters. The monoisotopic (exact) mass is 432 g/mol. The van der Waals surface area contributed by atoms with Crippen molar-refractivity contribution >= 4 is 12.3 Å². The Labute approximate surface area is 165 Å². The van der Waals surface area contributed by atoms with Gasteiger partial charge < -0.3 is 4.74 Å². The van der Waals surface area contributed by atoms with E-state index in [0.717, 1.165) is 22.8 Å². The Balaban J connectivity index is 1.87. The van der Waals surface area contributed by atoms with Gasteiger partial charge in [-0.2, -0.15) is 18.0 Å². The van der Waals surface area contributed by atoms with Crippen molar-refractivity contribution in [2.45, 2.75) is 32.9 Å². The zero-order valence-corrected chi connectivity index (χ0v) is 15.5. The highest BCUT2D eigenvalue weighted by Crippen LogP contribution is 2.26. The Morgan fingerprint density at radius 1 is 0.967 bits per heavy atom. The number of aryl methyl sites for hydroxylation is 2. The molecule has 0 aliphatic carbocycles. The van der Waals surface area contributed by atoms with E-state index in [1.807, 2.05) is 32.0 Å². The van der Waals surface area contributed by atoms with Gasteiger partial charge in [-0.1, -0.05) is 17.2 Å². The molecule has 0 fully saturated rings. The fourth-order valence-electron chi connectivity index (χ4n) is 2.59. The second kappa shape index (κ2) is 7.80. The van der Waals surface area contributed by atoms with Gasteiger partial charge in [0.25, 0.3) is 5.88 Å². The lowest BCUT2D eigenvalue weighted by atomic mass is 10.1. The normalized spacial score (nSPS) is 12.7. The molecular formula is C17H14F6N6O. The molecule has 0 saturated carbocycles. The minimum absolute atomic E-state index is 0.0725. The molecule has 1 aromatic carbocycles. The van der Waals surface area contributed by atoms with Crippen LogP contribution >= 0.6 is 0 Å². The molecule has 160 valence electrons. The van der Waals surface area contributed by atoms with E-state index in [9.17, 15) is 26.3 Å². The highest BCUT2D eigenvalue weighted by Gasteiger charge is 2.35. The van der Waals surface area contributed by atoms with Crippen LogP contribution in [0.4, 0.5) is 26.3 Å². The molecule has 0 N–H and O–H groups in total. The average Bonchev–Trinajstić information content (AvgIpc) is 3.16. The number of hydrogen-bond donors (Lipinski definition) is 0. The maximum absolute atomic E-state index is 12.5. The van der Waals surface area contributed by atoms with Crippen LogP contribution in [-0.4, -0.2) is 42.3 Å². The lowest BCUT2D eigenvalue weighted by Crippen LogP contribution is -2.20. The van der Waals surface area contributed by atoms with Gasteiger partial charge in [0.2, 0.25) is 0 Å². The van der Waals surface area contributed by atoms with Crippen LogP contribution in [-0.2, 0) is 6.54 Å². The number of rotatable bonds is 5. The van der Waals surface area contributed by atoms with E-state index >= 15 is 0 Å². The Morgan fingerprint density at radius 2 is 1.63 bits per heavy atom. The van der Waals surface area contributed by atoms with Crippen molar-refractivity contribution in [1.29, 1.82) is 0 Å². The predicted octanol–water partition coefficient (Wildman–Crippen LogP) is 4.24. The molecule has 0 unspecified atom stereocenters. The van der Waals surface area contributed by atoms with Gasteiger partial charge in [0.15, 0.2) is 18.1 Å². The molecule has 2 aromatic heterocycles. The summed E-state index contributed by atoms with van der Waals surface area (Å²) in [5, 5.41) is 10.7. The van der Waals surface area contributed by atoms with E-state index in [0.29, 0.717) is 5.82 Å². The van der Waals surface area contributed by atoms with Gasteiger partial charge >= 0.3 is 12.5 Å². The highest BCUT2D eigenvalue weighted by atomic mass is 19.4. The van der Waals surface area contributed by atoms with Gasteiger partial charge in [-0.05, 0) is 32.1 Å². The summed E-state index contributed by atoms with van der Waals surface area (Å²) in [7, 11) is 0. The first-order chi connectivity index (χ1) is 13.9. The van der Waals surface area contributed by atoms with E-state index in [1.165, 1.54) is 17.2 Å². The zero-order chi connectivity index (χ0) is 22.1. The maximum atomic E-state index is 12.5. The number of alkyl halides is 6.